The van der Waals surface area contributed by atoms with Gasteiger partial charge in [0.2, 0.25) is 0 Å². The Hall–Kier alpha value is -5.88. The van der Waals surface area contributed by atoms with E-state index in [1.165, 1.54) is 62.6 Å². The molecule has 6 aromatic carbocycles. The van der Waals surface area contributed by atoms with Crippen molar-refractivity contribution >= 4 is 90.7 Å². The summed E-state index contributed by atoms with van der Waals surface area (Å²) in [4.78, 5) is 9.63. The van der Waals surface area contributed by atoms with E-state index in [2.05, 4.69) is 153 Å². The highest BCUT2D eigenvalue weighted by Gasteiger charge is 2.26. The number of thiophene rings is 2. The van der Waals surface area contributed by atoms with Crippen LogP contribution in [0.25, 0.3) is 90.4 Å². The number of aromatic nitrogens is 2. The lowest BCUT2D eigenvalue weighted by Gasteiger charge is -2.24. The summed E-state index contributed by atoms with van der Waals surface area (Å²) in [6.45, 7) is 2.30. The van der Waals surface area contributed by atoms with Crippen LogP contribution < -0.4 is 0 Å². The molecule has 246 valence electrons. The molecule has 0 saturated carbocycles. The van der Waals surface area contributed by atoms with Gasteiger partial charge in [-0.15, -0.1) is 22.7 Å². The number of rotatable bonds is 4. The minimum Gasteiger partial charge on any atom is -0.452 e. The molecule has 4 heterocycles. The number of nitrogens with zero attached hydrogens (tertiary/aromatic N) is 2. The van der Waals surface area contributed by atoms with E-state index in [0.717, 1.165) is 38.9 Å². The fraction of sp³-hybridized carbons (Fsp3) is 0.0638. The molecule has 52 heavy (non-hydrogen) atoms. The molecule has 2 atom stereocenters. The zero-order chi connectivity index (χ0) is 34.3. The molecule has 1 aliphatic rings. The van der Waals surface area contributed by atoms with Crippen molar-refractivity contribution in [1.29, 1.82) is 0 Å². The van der Waals surface area contributed by atoms with Crippen LogP contribution in [0.1, 0.15) is 24.0 Å². The summed E-state index contributed by atoms with van der Waals surface area (Å²) in [5, 5.41) is 6.25. The fourth-order valence-electron chi connectivity index (χ4n) is 8.20. The zero-order valence-corrected chi connectivity index (χ0v) is 29.8. The molecule has 0 aliphatic heterocycles. The van der Waals surface area contributed by atoms with E-state index in [1.54, 1.807) is 6.33 Å². The molecule has 10 aromatic rings. The van der Waals surface area contributed by atoms with Gasteiger partial charge in [0.15, 0.2) is 5.58 Å². The first-order valence-electron chi connectivity index (χ1n) is 17.7. The Kier molecular flexibility index (Phi) is 6.63. The lowest BCUT2D eigenvalue weighted by molar-refractivity contribution is 0.613. The molecule has 0 fully saturated rings. The standard InChI is InChI=1S/C47H30N2OS2/c1-27-22-23-29(32-15-8-18-37-34-13-3-5-21-41(34)52-47(32)37)25-39(27)35-16-9-19-38-43-45(50-44(35)38)42(48-26-49-43)30-11-6-10-28(24-30)31-14-7-17-36-33-12-2-4-20-40(33)51-46(31)36/h2-27,39H,1H3. The predicted octanol–water partition coefficient (Wildman–Crippen LogP) is 13.8. The van der Waals surface area contributed by atoms with E-state index < -0.39 is 0 Å². The first-order valence-corrected chi connectivity index (χ1v) is 19.3. The van der Waals surface area contributed by atoms with Gasteiger partial charge in [-0.05, 0) is 52.4 Å². The van der Waals surface area contributed by atoms with Crippen molar-refractivity contribution < 1.29 is 4.42 Å². The molecular weight excluding hydrogens is 673 g/mol. The lowest BCUT2D eigenvalue weighted by atomic mass is 9.80. The van der Waals surface area contributed by atoms with Crippen molar-refractivity contribution in [1.82, 2.24) is 9.97 Å². The fourth-order valence-corrected chi connectivity index (χ4v) is 10.7. The summed E-state index contributed by atoms with van der Waals surface area (Å²) >= 11 is 3.73. The van der Waals surface area contributed by atoms with Crippen LogP contribution in [-0.2, 0) is 0 Å². The summed E-state index contributed by atoms with van der Waals surface area (Å²) in [7, 11) is 0. The van der Waals surface area contributed by atoms with Gasteiger partial charge in [0, 0.05) is 62.8 Å². The highest BCUT2D eigenvalue weighted by atomic mass is 32.1. The Balaban J connectivity index is 1.04. The number of benzene rings is 6. The minimum absolute atomic E-state index is 0.135. The highest BCUT2D eigenvalue weighted by molar-refractivity contribution is 7.26. The lowest BCUT2D eigenvalue weighted by Crippen LogP contribution is -2.09. The van der Waals surface area contributed by atoms with Crippen LogP contribution in [0.2, 0.25) is 0 Å². The summed E-state index contributed by atoms with van der Waals surface area (Å²) in [5.41, 5.74) is 10.4. The number of fused-ring (bicyclic) bond motifs is 9. The number of para-hydroxylation sites is 1. The van der Waals surface area contributed by atoms with E-state index in [4.69, 9.17) is 14.4 Å². The predicted molar refractivity (Wildman–Crippen MR) is 221 cm³/mol. The molecule has 0 radical (unpaired) electrons. The summed E-state index contributed by atoms with van der Waals surface area (Å²) in [6.07, 6.45) is 8.77. The Morgan fingerprint density at radius 2 is 1.21 bits per heavy atom. The van der Waals surface area contributed by atoms with Crippen LogP contribution in [0.15, 0.2) is 156 Å². The van der Waals surface area contributed by atoms with Gasteiger partial charge < -0.3 is 4.42 Å². The van der Waals surface area contributed by atoms with Crippen molar-refractivity contribution in [3.63, 3.8) is 0 Å². The molecule has 0 saturated heterocycles. The molecule has 0 bridgehead atoms. The summed E-state index contributed by atoms with van der Waals surface area (Å²) in [5.74, 6) is 0.429. The van der Waals surface area contributed by atoms with Gasteiger partial charge in [-0.2, -0.15) is 0 Å². The third-order valence-electron chi connectivity index (χ3n) is 10.7. The van der Waals surface area contributed by atoms with E-state index >= 15 is 0 Å². The largest absolute Gasteiger partial charge is 0.452 e. The van der Waals surface area contributed by atoms with Gasteiger partial charge in [0.05, 0.1) is 0 Å². The maximum atomic E-state index is 6.90. The molecule has 0 N–H and O–H groups in total. The average molecular weight is 703 g/mol. The van der Waals surface area contributed by atoms with Gasteiger partial charge in [-0.3, -0.25) is 0 Å². The first kappa shape index (κ1) is 29.8. The Morgan fingerprint density at radius 3 is 2.00 bits per heavy atom. The first-order chi connectivity index (χ1) is 25.7. The molecule has 2 unspecified atom stereocenters. The van der Waals surface area contributed by atoms with Crippen LogP contribution >= 0.6 is 22.7 Å². The molecule has 4 aromatic heterocycles. The van der Waals surface area contributed by atoms with Gasteiger partial charge in [0.1, 0.15) is 23.1 Å². The monoisotopic (exact) mass is 702 g/mol. The number of furan rings is 1. The maximum Gasteiger partial charge on any atom is 0.180 e. The Labute approximate surface area is 307 Å². The van der Waals surface area contributed by atoms with Gasteiger partial charge in [-0.25, -0.2) is 9.97 Å². The molecule has 11 rings (SSSR count). The van der Waals surface area contributed by atoms with Crippen molar-refractivity contribution in [3.8, 4) is 22.4 Å². The van der Waals surface area contributed by atoms with Crippen LogP contribution in [0.4, 0.5) is 0 Å². The van der Waals surface area contributed by atoms with E-state index in [-0.39, 0.29) is 5.92 Å². The SMILES string of the molecule is CC1C=CC(c2cccc3c2sc2ccccc23)=CC1c1cccc2c1oc1c(-c3cccc(-c4cccc5c4sc4ccccc45)c3)ncnc12. The second-order valence-electron chi connectivity index (χ2n) is 13.7. The number of hydrogen-bond donors (Lipinski definition) is 0. The molecule has 5 heteroatoms. The second-order valence-corrected chi connectivity index (χ2v) is 15.8. The van der Waals surface area contributed by atoms with E-state index in [0.29, 0.717) is 5.92 Å². The van der Waals surface area contributed by atoms with Crippen molar-refractivity contribution in [2.45, 2.75) is 12.8 Å². The van der Waals surface area contributed by atoms with Crippen molar-refractivity contribution in [3.05, 3.63) is 163 Å². The van der Waals surface area contributed by atoms with Crippen LogP contribution in [-0.4, -0.2) is 9.97 Å². The quantitative estimate of drug-likeness (QED) is 0.183. The number of allylic oxidation sites excluding steroid dienone is 4. The Bertz CT molecular complexity index is 3120. The third-order valence-corrected chi connectivity index (χ3v) is 13.2. The third kappa shape index (κ3) is 4.49. The summed E-state index contributed by atoms with van der Waals surface area (Å²) in [6, 6.07) is 45.9. The topological polar surface area (TPSA) is 38.9 Å². The smallest absolute Gasteiger partial charge is 0.180 e. The van der Waals surface area contributed by atoms with Crippen LogP contribution in [0, 0.1) is 5.92 Å². The molecule has 3 nitrogen and oxygen atoms in total. The molecule has 0 spiro atoms. The van der Waals surface area contributed by atoms with Gasteiger partial charge in [0.25, 0.3) is 0 Å². The van der Waals surface area contributed by atoms with E-state index in [1.807, 2.05) is 22.7 Å². The number of hydrogen-bond acceptors (Lipinski definition) is 5. The summed E-state index contributed by atoms with van der Waals surface area (Å²) < 4.78 is 12.2. The zero-order valence-electron chi connectivity index (χ0n) is 28.2. The highest BCUT2D eigenvalue weighted by Crippen LogP contribution is 2.45. The normalized spacial score (nSPS) is 16.2. The molecule has 1 aliphatic carbocycles. The van der Waals surface area contributed by atoms with E-state index in [9.17, 15) is 0 Å². The average Bonchev–Trinajstić information content (AvgIpc) is 3.90. The Morgan fingerprint density at radius 1 is 0.577 bits per heavy atom. The van der Waals surface area contributed by atoms with Crippen LogP contribution in [0.5, 0.6) is 0 Å². The van der Waals surface area contributed by atoms with Crippen molar-refractivity contribution in [2.24, 2.45) is 5.92 Å². The van der Waals surface area contributed by atoms with Crippen LogP contribution in [0.3, 0.4) is 0 Å². The molecule has 0 amide bonds. The minimum atomic E-state index is 0.135. The van der Waals surface area contributed by atoms with Crippen molar-refractivity contribution in [2.75, 3.05) is 0 Å². The molecular formula is C47H30N2OS2. The van der Waals surface area contributed by atoms with Gasteiger partial charge >= 0.3 is 0 Å². The second kappa shape index (κ2) is 11.6. The van der Waals surface area contributed by atoms with Gasteiger partial charge in [-0.1, -0.05) is 128 Å². The maximum absolute atomic E-state index is 6.90.